The van der Waals surface area contributed by atoms with E-state index in [1.165, 1.54) is 6.07 Å². The second kappa shape index (κ2) is 10.1. The predicted octanol–water partition coefficient (Wildman–Crippen LogP) is 4.70. The summed E-state index contributed by atoms with van der Waals surface area (Å²) < 4.78 is 0. The minimum absolute atomic E-state index is 0.0122. The Kier molecular flexibility index (Phi) is 6.96. The molecule has 6 heteroatoms. The number of aromatic amines is 1. The number of aromatic nitrogens is 1. The molecule has 2 N–H and O–H groups in total. The van der Waals surface area contributed by atoms with E-state index in [1.807, 2.05) is 12.1 Å². The van der Waals surface area contributed by atoms with Crippen molar-refractivity contribution in [1.82, 2.24) is 4.98 Å². The maximum atomic E-state index is 13.3. The average molecular weight is 459 g/mol. The lowest BCUT2D eigenvalue weighted by Crippen LogP contribution is -2.36. The fraction of sp³-hybridized carbons (Fsp3) is 0.321. The first kappa shape index (κ1) is 23.5. The summed E-state index contributed by atoms with van der Waals surface area (Å²) in [6.45, 7) is 5.25. The standard InChI is InChI=1S/C28H30N2O4/c1-18-5-3-4-6-23(18)25(17-26(31)24-11-12-27(32)29-19(24)2)20-7-9-22(10-8-20)30-15-13-21(14-16-30)28(33)34/h3-12,21,25H,13-17H2,1-2H3,(H,29,32)(H,33,34). The summed E-state index contributed by atoms with van der Waals surface area (Å²) in [6, 6.07) is 19.4. The van der Waals surface area contributed by atoms with Crippen molar-refractivity contribution in [3.63, 3.8) is 0 Å². The van der Waals surface area contributed by atoms with Gasteiger partial charge < -0.3 is 15.0 Å². The molecule has 2 heterocycles. The molecule has 0 bridgehead atoms. The maximum absolute atomic E-state index is 13.3. The number of H-pyrrole nitrogens is 1. The quantitative estimate of drug-likeness (QED) is 0.501. The molecular weight excluding hydrogens is 428 g/mol. The van der Waals surface area contributed by atoms with Gasteiger partial charge in [0.2, 0.25) is 5.56 Å². The molecule has 0 amide bonds. The van der Waals surface area contributed by atoms with Gasteiger partial charge in [-0.2, -0.15) is 0 Å². The summed E-state index contributed by atoms with van der Waals surface area (Å²) >= 11 is 0. The van der Waals surface area contributed by atoms with Crippen molar-refractivity contribution in [2.45, 2.75) is 39.0 Å². The van der Waals surface area contributed by atoms with Gasteiger partial charge in [0.1, 0.15) is 0 Å². The van der Waals surface area contributed by atoms with E-state index in [0.29, 0.717) is 30.5 Å². The molecular formula is C28H30N2O4. The molecule has 1 atom stereocenters. The second-order valence-electron chi connectivity index (χ2n) is 9.09. The number of aliphatic carboxylic acids is 1. The van der Waals surface area contributed by atoms with Crippen LogP contribution in [0, 0.1) is 19.8 Å². The van der Waals surface area contributed by atoms with Crippen LogP contribution in [0.15, 0.2) is 65.5 Å². The largest absolute Gasteiger partial charge is 0.481 e. The lowest BCUT2D eigenvalue weighted by Gasteiger charge is -2.32. The van der Waals surface area contributed by atoms with E-state index in [0.717, 1.165) is 35.5 Å². The summed E-state index contributed by atoms with van der Waals surface area (Å²) in [5.41, 5.74) is 5.25. The minimum atomic E-state index is -0.710. The number of carboxylic acids is 1. The van der Waals surface area contributed by atoms with E-state index in [4.69, 9.17) is 0 Å². The van der Waals surface area contributed by atoms with E-state index < -0.39 is 5.97 Å². The van der Waals surface area contributed by atoms with Crippen LogP contribution in [0.25, 0.3) is 0 Å². The number of nitrogens with one attached hydrogen (secondary N) is 1. The van der Waals surface area contributed by atoms with Crippen molar-refractivity contribution in [3.8, 4) is 0 Å². The van der Waals surface area contributed by atoms with Crippen molar-refractivity contribution >= 4 is 17.4 Å². The normalized spacial score (nSPS) is 15.2. The fourth-order valence-corrected chi connectivity index (χ4v) is 4.86. The highest BCUT2D eigenvalue weighted by Crippen LogP contribution is 2.33. The zero-order valence-corrected chi connectivity index (χ0v) is 19.6. The number of piperidine rings is 1. The van der Waals surface area contributed by atoms with Crippen LogP contribution < -0.4 is 10.5 Å². The molecule has 4 rings (SSSR count). The van der Waals surface area contributed by atoms with Crippen LogP contribution in [-0.4, -0.2) is 34.9 Å². The molecule has 1 unspecified atom stereocenters. The number of carboxylic acid groups (broad SMARTS) is 1. The van der Waals surface area contributed by atoms with Gasteiger partial charge in [0.25, 0.3) is 0 Å². The molecule has 1 aliphatic rings. The SMILES string of the molecule is Cc1ccccc1C(CC(=O)c1ccc(=O)[nH]c1C)c1ccc(N2CCC(C(=O)O)CC2)cc1. The number of hydrogen-bond acceptors (Lipinski definition) is 4. The molecule has 3 aromatic rings. The van der Waals surface area contributed by atoms with Crippen LogP contribution in [0.3, 0.4) is 0 Å². The van der Waals surface area contributed by atoms with Gasteiger partial charge in [-0.1, -0.05) is 36.4 Å². The van der Waals surface area contributed by atoms with Crippen LogP contribution in [0.2, 0.25) is 0 Å². The van der Waals surface area contributed by atoms with Crippen molar-refractivity contribution in [1.29, 1.82) is 0 Å². The smallest absolute Gasteiger partial charge is 0.306 e. The summed E-state index contributed by atoms with van der Waals surface area (Å²) in [7, 11) is 0. The van der Waals surface area contributed by atoms with E-state index in [9.17, 15) is 19.5 Å². The highest BCUT2D eigenvalue weighted by molar-refractivity contribution is 5.97. The third-order valence-electron chi connectivity index (χ3n) is 6.87. The van der Waals surface area contributed by atoms with E-state index in [1.54, 1.807) is 13.0 Å². The van der Waals surface area contributed by atoms with Gasteiger partial charge in [-0.3, -0.25) is 14.4 Å². The van der Waals surface area contributed by atoms with Crippen molar-refractivity contribution < 1.29 is 14.7 Å². The fourth-order valence-electron chi connectivity index (χ4n) is 4.86. The summed E-state index contributed by atoms with van der Waals surface area (Å²) in [5.74, 6) is -1.10. The van der Waals surface area contributed by atoms with Crippen LogP contribution in [0.4, 0.5) is 5.69 Å². The number of carbonyl (C=O) groups excluding carboxylic acids is 1. The molecule has 0 aliphatic carbocycles. The number of hydrogen-bond donors (Lipinski definition) is 2. The molecule has 1 saturated heterocycles. The Hall–Kier alpha value is -3.67. The Balaban J connectivity index is 1.60. The number of nitrogens with zero attached hydrogens (tertiary/aromatic N) is 1. The molecule has 1 aliphatic heterocycles. The molecule has 176 valence electrons. The molecule has 1 fully saturated rings. The Morgan fingerprint density at radius 2 is 1.68 bits per heavy atom. The molecule has 2 aromatic carbocycles. The lowest BCUT2D eigenvalue weighted by atomic mass is 9.83. The third kappa shape index (κ3) is 5.11. The number of anilines is 1. The van der Waals surface area contributed by atoms with Gasteiger partial charge in [-0.05, 0) is 61.6 Å². The van der Waals surface area contributed by atoms with Gasteiger partial charge in [0.05, 0.1) is 5.92 Å². The first-order valence-electron chi connectivity index (χ1n) is 11.7. The van der Waals surface area contributed by atoms with Gasteiger partial charge >= 0.3 is 5.97 Å². The number of aryl methyl sites for hydroxylation is 2. The zero-order valence-electron chi connectivity index (χ0n) is 19.6. The molecule has 1 aromatic heterocycles. The van der Waals surface area contributed by atoms with Crippen LogP contribution in [0.1, 0.15) is 57.9 Å². The number of carbonyl (C=O) groups is 2. The predicted molar refractivity (Wildman–Crippen MR) is 133 cm³/mol. The summed E-state index contributed by atoms with van der Waals surface area (Å²) in [4.78, 5) is 41.0. The first-order valence-corrected chi connectivity index (χ1v) is 11.7. The Morgan fingerprint density at radius 1 is 1.00 bits per heavy atom. The third-order valence-corrected chi connectivity index (χ3v) is 6.87. The Labute approximate surface area is 199 Å². The molecule has 34 heavy (non-hydrogen) atoms. The van der Waals surface area contributed by atoms with Gasteiger partial charge in [0.15, 0.2) is 5.78 Å². The van der Waals surface area contributed by atoms with Gasteiger partial charge in [-0.25, -0.2) is 0 Å². The van der Waals surface area contributed by atoms with Crippen LogP contribution in [0.5, 0.6) is 0 Å². The molecule has 0 spiro atoms. The summed E-state index contributed by atoms with van der Waals surface area (Å²) in [5, 5.41) is 9.24. The number of ketones is 1. The highest BCUT2D eigenvalue weighted by atomic mass is 16.4. The van der Waals surface area contributed by atoms with E-state index >= 15 is 0 Å². The number of Topliss-reactive ketones (excluding diaryl/α,β-unsaturated/α-hetero) is 1. The monoisotopic (exact) mass is 458 g/mol. The maximum Gasteiger partial charge on any atom is 0.306 e. The van der Waals surface area contributed by atoms with Gasteiger partial charge in [-0.15, -0.1) is 0 Å². The Bertz CT molecular complexity index is 1240. The molecule has 0 radical (unpaired) electrons. The number of rotatable bonds is 7. The number of benzene rings is 2. The second-order valence-corrected chi connectivity index (χ2v) is 9.09. The minimum Gasteiger partial charge on any atom is -0.481 e. The number of pyridine rings is 1. The summed E-state index contributed by atoms with van der Waals surface area (Å²) in [6.07, 6.45) is 1.59. The van der Waals surface area contributed by atoms with Crippen molar-refractivity contribution in [3.05, 3.63) is 99.0 Å². The van der Waals surface area contributed by atoms with E-state index in [2.05, 4.69) is 53.2 Å². The van der Waals surface area contributed by atoms with Crippen LogP contribution >= 0.6 is 0 Å². The first-order chi connectivity index (χ1) is 16.3. The highest BCUT2D eigenvalue weighted by Gasteiger charge is 2.25. The van der Waals surface area contributed by atoms with Crippen LogP contribution in [-0.2, 0) is 4.79 Å². The Morgan fingerprint density at radius 3 is 2.29 bits per heavy atom. The zero-order chi connectivity index (χ0) is 24.2. The topological polar surface area (TPSA) is 90.5 Å². The lowest BCUT2D eigenvalue weighted by molar-refractivity contribution is -0.142. The van der Waals surface area contributed by atoms with Crippen molar-refractivity contribution in [2.24, 2.45) is 5.92 Å². The van der Waals surface area contributed by atoms with E-state index in [-0.39, 0.29) is 23.2 Å². The molecule has 6 nitrogen and oxygen atoms in total. The molecule has 0 saturated carbocycles. The average Bonchev–Trinajstić information content (AvgIpc) is 2.83. The van der Waals surface area contributed by atoms with Gasteiger partial charge in [0, 0.05) is 48.4 Å². The van der Waals surface area contributed by atoms with Crippen molar-refractivity contribution in [2.75, 3.05) is 18.0 Å².